The van der Waals surface area contributed by atoms with Crippen LogP contribution in [0.25, 0.3) is 0 Å². The zero-order chi connectivity index (χ0) is 15.0. The lowest BCUT2D eigenvalue weighted by Gasteiger charge is -2.12. The van der Waals surface area contributed by atoms with Gasteiger partial charge in [0.15, 0.2) is 0 Å². The van der Waals surface area contributed by atoms with Gasteiger partial charge in [-0.15, -0.1) is 0 Å². The van der Waals surface area contributed by atoms with Crippen LogP contribution in [-0.4, -0.2) is 25.0 Å². The molecule has 0 unspecified atom stereocenters. The van der Waals surface area contributed by atoms with Crippen molar-refractivity contribution in [1.82, 2.24) is 5.32 Å². The summed E-state index contributed by atoms with van der Waals surface area (Å²) in [7, 11) is 0. The molecule has 0 saturated heterocycles. The summed E-state index contributed by atoms with van der Waals surface area (Å²) >= 11 is 0. The van der Waals surface area contributed by atoms with Crippen LogP contribution in [0.2, 0.25) is 0 Å². The van der Waals surface area contributed by atoms with Crippen LogP contribution < -0.4 is 15.2 Å². The van der Waals surface area contributed by atoms with E-state index in [1.54, 1.807) is 24.3 Å². The Bertz CT molecular complexity index is 457. The monoisotopic (exact) mass is 278 g/mol. The first-order valence-electron chi connectivity index (χ1n) is 6.70. The van der Waals surface area contributed by atoms with Gasteiger partial charge in [0, 0.05) is 18.9 Å². The predicted molar refractivity (Wildman–Crippen MR) is 73.3 cm³/mol. The molecule has 5 heteroatoms. The standard InChI is InChI=1S/C15H21NO4/c1-11(2)8-10-20-13-6-4-3-5-12(13)15(19)16-9-7-14(17)18/h3-6,11H,7-10H2,1-2H3,(H,16,19)(H,17,18)/p-1. The van der Waals surface area contributed by atoms with Crippen molar-refractivity contribution in [3.8, 4) is 5.75 Å². The summed E-state index contributed by atoms with van der Waals surface area (Å²) in [5, 5.41) is 12.8. The average molecular weight is 278 g/mol. The number of benzene rings is 1. The number of ether oxygens (including phenoxy) is 1. The van der Waals surface area contributed by atoms with E-state index in [-0.39, 0.29) is 18.9 Å². The van der Waals surface area contributed by atoms with E-state index in [1.807, 2.05) is 0 Å². The molecule has 0 radical (unpaired) electrons. The van der Waals surface area contributed by atoms with Gasteiger partial charge in [0.1, 0.15) is 5.75 Å². The molecular weight excluding hydrogens is 258 g/mol. The van der Waals surface area contributed by atoms with Crippen molar-refractivity contribution >= 4 is 11.9 Å². The second-order valence-corrected chi connectivity index (χ2v) is 4.91. The van der Waals surface area contributed by atoms with E-state index in [9.17, 15) is 14.7 Å². The van der Waals surface area contributed by atoms with Gasteiger partial charge >= 0.3 is 0 Å². The van der Waals surface area contributed by atoms with Crippen LogP contribution in [0.15, 0.2) is 24.3 Å². The highest BCUT2D eigenvalue weighted by molar-refractivity contribution is 5.97. The molecule has 1 N–H and O–H groups in total. The molecule has 0 aliphatic carbocycles. The zero-order valence-corrected chi connectivity index (χ0v) is 11.8. The first kappa shape index (κ1) is 16.0. The Hall–Kier alpha value is -2.04. The van der Waals surface area contributed by atoms with Crippen LogP contribution in [0.1, 0.15) is 37.0 Å². The molecule has 110 valence electrons. The number of para-hydroxylation sites is 1. The van der Waals surface area contributed by atoms with Crippen molar-refractivity contribution < 1.29 is 19.4 Å². The van der Waals surface area contributed by atoms with E-state index >= 15 is 0 Å². The second-order valence-electron chi connectivity index (χ2n) is 4.91. The molecule has 5 nitrogen and oxygen atoms in total. The number of aliphatic carboxylic acids is 1. The summed E-state index contributed by atoms with van der Waals surface area (Å²) < 4.78 is 5.61. The molecule has 1 amide bonds. The first-order chi connectivity index (χ1) is 9.50. The molecule has 1 aromatic carbocycles. The molecule has 0 atom stereocenters. The number of carboxylic acid groups (broad SMARTS) is 1. The van der Waals surface area contributed by atoms with Crippen molar-refractivity contribution in [2.45, 2.75) is 26.7 Å². The van der Waals surface area contributed by atoms with Crippen LogP contribution in [-0.2, 0) is 4.79 Å². The molecular formula is C15H20NO4-. The summed E-state index contributed by atoms with van der Waals surface area (Å²) in [6.07, 6.45) is 0.697. The highest BCUT2D eigenvalue weighted by Gasteiger charge is 2.11. The maximum Gasteiger partial charge on any atom is 0.255 e. The Morgan fingerprint density at radius 2 is 2.00 bits per heavy atom. The molecule has 0 heterocycles. The van der Waals surface area contributed by atoms with Crippen molar-refractivity contribution in [1.29, 1.82) is 0 Å². The number of nitrogens with one attached hydrogen (secondary N) is 1. The molecule has 1 rings (SSSR count). The topological polar surface area (TPSA) is 78.5 Å². The predicted octanol–water partition coefficient (Wildman–Crippen LogP) is 0.981. The van der Waals surface area contributed by atoms with Gasteiger partial charge < -0.3 is 20.0 Å². The van der Waals surface area contributed by atoms with Gasteiger partial charge in [0.25, 0.3) is 5.91 Å². The Kier molecular flexibility index (Phi) is 6.56. The van der Waals surface area contributed by atoms with E-state index in [4.69, 9.17) is 4.74 Å². The number of carbonyl (C=O) groups excluding carboxylic acids is 2. The first-order valence-corrected chi connectivity index (χ1v) is 6.70. The van der Waals surface area contributed by atoms with Crippen LogP contribution >= 0.6 is 0 Å². The third kappa shape index (κ3) is 5.73. The SMILES string of the molecule is CC(C)CCOc1ccccc1C(=O)NCCC(=O)[O-]. The minimum atomic E-state index is -1.19. The Balaban J connectivity index is 2.59. The van der Waals surface area contributed by atoms with Crippen LogP contribution in [0, 0.1) is 5.92 Å². The number of hydrogen-bond acceptors (Lipinski definition) is 4. The van der Waals surface area contributed by atoms with Gasteiger partial charge in [-0.25, -0.2) is 0 Å². The van der Waals surface area contributed by atoms with Crippen molar-refractivity contribution in [3.63, 3.8) is 0 Å². The van der Waals surface area contributed by atoms with Crippen LogP contribution in [0.4, 0.5) is 0 Å². The fourth-order valence-corrected chi connectivity index (χ4v) is 1.56. The van der Waals surface area contributed by atoms with Crippen LogP contribution in [0.3, 0.4) is 0 Å². The Labute approximate surface area is 118 Å². The minimum Gasteiger partial charge on any atom is -0.550 e. The smallest absolute Gasteiger partial charge is 0.255 e. The molecule has 0 aliphatic heterocycles. The van der Waals surface area contributed by atoms with Gasteiger partial charge in [0.05, 0.1) is 12.2 Å². The highest BCUT2D eigenvalue weighted by atomic mass is 16.5. The van der Waals surface area contributed by atoms with E-state index in [2.05, 4.69) is 19.2 Å². The third-order valence-corrected chi connectivity index (χ3v) is 2.70. The summed E-state index contributed by atoms with van der Waals surface area (Å²) in [5.41, 5.74) is 0.412. The molecule has 1 aromatic rings. The maximum absolute atomic E-state index is 11.9. The molecule has 20 heavy (non-hydrogen) atoms. The maximum atomic E-state index is 11.9. The number of rotatable bonds is 8. The Morgan fingerprint density at radius 3 is 2.65 bits per heavy atom. The number of carbonyl (C=O) groups is 2. The minimum absolute atomic E-state index is 0.0431. The zero-order valence-electron chi connectivity index (χ0n) is 11.8. The van der Waals surface area contributed by atoms with E-state index in [1.165, 1.54) is 0 Å². The quantitative estimate of drug-likeness (QED) is 0.769. The molecule has 0 spiro atoms. The Morgan fingerprint density at radius 1 is 1.30 bits per heavy atom. The lowest BCUT2D eigenvalue weighted by atomic mass is 10.1. The third-order valence-electron chi connectivity index (χ3n) is 2.70. The molecule has 0 bridgehead atoms. The van der Waals surface area contributed by atoms with Gasteiger partial charge in [-0.3, -0.25) is 4.79 Å². The lowest BCUT2D eigenvalue weighted by molar-refractivity contribution is -0.305. The summed E-state index contributed by atoms with van der Waals surface area (Å²) in [6, 6.07) is 6.92. The number of hydrogen-bond donors (Lipinski definition) is 1. The van der Waals surface area contributed by atoms with Crippen molar-refractivity contribution in [3.05, 3.63) is 29.8 Å². The van der Waals surface area contributed by atoms with Gasteiger partial charge in [-0.2, -0.15) is 0 Å². The van der Waals surface area contributed by atoms with Crippen LogP contribution in [0.5, 0.6) is 5.75 Å². The highest BCUT2D eigenvalue weighted by Crippen LogP contribution is 2.18. The largest absolute Gasteiger partial charge is 0.550 e. The number of amides is 1. The normalized spacial score (nSPS) is 10.3. The van der Waals surface area contributed by atoms with Gasteiger partial charge in [0.2, 0.25) is 0 Å². The van der Waals surface area contributed by atoms with Gasteiger partial charge in [-0.05, 0) is 24.5 Å². The van der Waals surface area contributed by atoms with E-state index < -0.39 is 5.97 Å². The molecule has 0 aromatic heterocycles. The number of carboxylic acids is 1. The fourth-order valence-electron chi connectivity index (χ4n) is 1.56. The molecule has 0 aliphatic rings. The van der Waals surface area contributed by atoms with E-state index in [0.29, 0.717) is 23.8 Å². The van der Waals surface area contributed by atoms with Crippen molar-refractivity contribution in [2.75, 3.05) is 13.2 Å². The summed E-state index contributed by atoms with van der Waals surface area (Å²) in [4.78, 5) is 22.2. The second kappa shape index (κ2) is 8.19. The molecule has 0 fully saturated rings. The fraction of sp³-hybridized carbons (Fsp3) is 0.467. The summed E-state index contributed by atoms with van der Waals surface area (Å²) in [5.74, 6) is -0.490. The lowest BCUT2D eigenvalue weighted by Crippen LogP contribution is -2.31. The van der Waals surface area contributed by atoms with Gasteiger partial charge in [-0.1, -0.05) is 26.0 Å². The van der Waals surface area contributed by atoms with Crippen molar-refractivity contribution in [2.24, 2.45) is 5.92 Å². The average Bonchev–Trinajstić information content (AvgIpc) is 2.38. The summed E-state index contributed by atoms with van der Waals surface area (Å²) in [6.45, 7) is 4.78. The molecule has 0 saturated carbocycles. The van der Waals surface area contributed by atoms with E-state index in [0.717, 1.165) is 6.42 Å².